The van der Waals surface area contributed by atoms with Gasteiger partial charge in [0, 0.05) is 13.1 Å². The molecular formula is C14H29N3O. The minimum absolute atomic E-state index is 0.0317. The fraction of sp³-hybridized carbons (Fsp3) is 0.929. The lowest BCUT2D eigenvalue weighted by atomic mass is 9.87. The smallest absolute Gasteiger partial charge is 0.237 e. The largest absolute Gasteiger partial charge is 0.354 e. The molecule has 2 unspecified atom stereocenters. The first-order chi connectivity index (χ1) is 8.30. The summed E-state index contributed by atoms with van der Waals surface area (Å²) < 4.78 is 0. The Balaban J connectivity index is 2.24. The summed E-state index contributed by atoms with van der Waals surface area (Å²) >= 11 is 0. The summed E-state index contributed by atoms with van der Waals surface area (Å²) in [5.74, 6) is 0.454. The third-order valence-electron chi connectivity index (χ3n) is 3.61. The van der Waals surface area contributed by atoms with Crippen molar-refractivity contribution in [1.82, 2.24) is 10.2 Å². The highest BCUT2D eigenvalue weighted by molar-refractivity contribution is 5.82. The number of rotatable bonds is 5. The number of amides is 1. The number of likely N-dealkylation sites (tertiary alicyclic amines) is 1. The topological polar surface area (TPSA) is 58.4 Å². The number of hydrogen-bond donors (Lipinski definition) is 2. The normalized spacial score (nSPS) is 20.7. The second-order valence-corrected chi connectivity index (χ2v) is 6.70. The number of nitrogens with zero attached hydrogens (tertiary/aromatic N) is 1. The van der Waals surface area contributed by atoms with Gasteiger partial charge in [0.2, 0.25) is 5.91 Å². The van der Waals surface area contributed by atoms with Crippen LogP contribution in [0.3, 0.4) is 0 Å². The fourth-order valence-corrected chi connectivity index (χ4v) is 2.25. The number of hydrogen-bond acceptors (Lipinski definition) is 3. The first kappa shape index (κ1) is 15.4. The Bertz CT molecular complexity index is 267. The van der Waals surface area contributed by atoms with E-state index in [2.05, 4.69) is 17.1 Å². The van der Waals surface area contributed by atoms with E-state index in [0.717, 1.165) is 13.1 Å². The average molecular weight is 255 g/mol. The molecule has 106 valence electrons. The van der Waals surface area contributed by atoms with Crippen LogP contribution in [0.4, 0.5) is 0 Å². The SMILES string of the molecule is CC(CNC(=O)C(N)C(C)(C)C)CN1CCCC1. The molecule has 1 fully saturated rings. The molecule has 2 atom stereocenters. The second-order valence-electron chi connectivity index (χ2n) is 6.70. The van der Waals surface area contributed by atoms with Crippen molar-refractivity contribution in [3.8, 4) is 0 Å². The van der Waals surface area contributed by atoms with Crippen LogP contribution < -0.4 is 11.1 Å². The number of carbonyl (C=O) groups is 1. The van der Waals surface area contributed by atoms with Crippen molar-refractivity contribution < 1.29 is 4.79 Å². The fourth-order valence-electron chi connectivity index (χ4n) is 2.25. The highest BCUT2D eigenvalue weighted by Crippen LogP contribution is 2.17. The average Bonchev–Trinajstić information content (AvgIpc) is 2.76. The van der Waals surface area contributed by atoms with Gasteiger partial charge in [0.25, 0.3) is 0 Å². The van der Waals surface area contributed by atoms with Crippen molar-refractivity contribution in [3.05, 3.63) is 0 Å². The molecule has 1 rings (SSSR count). The van der Waals surface area contributed by atoms with Crippen LogP contribution in [-0.2, 0) is 4.79 Å². The van der Waals surface area contributed by atoms with Gasteiger partial charge in [-0.25, -0.2) is 0 Å². The summed E-state index contributed by atoms with van der Waals surface area (Å²) in [5.41, 5.74) is 5.74. The summed E-state index contributed by atoms with van der Waals surface area (Å²) in [6.07, 6.45) is 2.63. The van der Waals surface area contributed by atoms with E-state index in [1.807, 2.05) is 20.8 Å². The molecule has 4 heteroatoms. The second kappa shape index (κ2) is 6.53. The molecule has 18 heavy (non-hydrogen) atoms. The maximum Gasteiger partial charge on any atom is 0.237 e. The quantitative estimate of drug-likeness (QED) is 0.776. The summed E-state index contributed by atoms with van der Waals surface area (Å²) in [5, 5.41) is 2.97. The molecule has 0 spiro atoms. The predicted molar refractivity (Wildman–Crippen MR) is 75.3 cm³/mol. The van der Waals surface area contributed by atoms with Crippen LogP contribution in [0.25, 0.3) is 0 Å². The van der Waals surface area contributed by atoms with Gasteiger partial charge >= 0.3 is 0 Å². The Morgan fingerprint density at radius 2 is 1.89 bits per heavy atom. The molecule has 1 aliphatic heterocycles. The number of nitrogens with two attached hydrogens (primary N) is 1. The maximum absolute atomic E-state index is 11.9. The first-order valence-electron chi connectivity index (χ1n) is 7.06. The lowest BCUT2D eigenvalue weighted by Crippen LogP contribution is -2.49. The zero-order chi connectivity index (χ0) is 13.8. The van der Waals surface area contributed by atoms with Crippen molar-refractivity contribution in [3.63, 3.8) is 0 Å². The van der Waals surface area contributed by atoms with E-state index in [-0.39, 0.29) is 11.3 Å². The maximum atomic E-state index is 11.9. The Morgan fingerprint density at radius 3 is 2.39 bits per heavy atom. The van der Waals surface area contributed by atoms with Crippen molar-refractivity contribution in [2.75, 3.05) is 26.2 Å². The van der Waals surface area contributed by atoms with E-state index in [1.54, 1.807) is 0 Å². The van der Waals surface area contributed by atoms with E-state index in [4.69, 9.17) is 5.73 Å². The van der Waals surface area contributed by atoms with Crippen molar-refractivity contribution in [2.24, 2.45) is 17.1 Å². The van der Waals surface area contributed by atoms with Crippen molar-refractivity contribution in [2.45, 2.75) is 46.6 Å². The molecule has 3 N–H and O–H groups in total. The molecule has 1 amide bonds. The highest BCUT2D eigenvalue weighted by atomic mass is 16.2. The van der Waals surface area contributed by atoms with Crippen LogP contribution in [0.5, 0.6) is 0 Å². The van der Waals surface area contributed by atoms with Crippen LogP contribution in [0.1, 0.15) is 40.5 Å². The summed E-state index contributed by atoms with van der Waals surface area (Å²) in [4.78, 5) is 14.4. The van der Waals surface area contributed by atoms with Crippen molar-refractivity contribution >= 4 is 5.91 Å². The molecular weight excluding hydrogens is 226 g/mol. The van der Waals surface area contributed by atoms with Crippen molar-refractivity contribution in [1.29, 1.82) is 0 Å². The van der Waals surface area contributed by atoms with Gasteiger partial charge in [-0.1, -0.05) is 27.7 Å². The van der Waals surface area contributed by atoms with E-state index in [0.29, 0.717) is 5.92 Å². The molecule has 0 bridgehead atoms. The van der Waals surface area contributed by atoms with Crippen LogP contribution in [0, 0.1) is 11.3 Å². The lowest BCUT2D eigenvalue weighted by Gasteiger charge is -2.27. The zero-order valence-corrected chi connectivity index (χ0v) is 12.3. The van der Waals surface area contributed by atoms with Gasteiger partial charge in [-0.05, 0) is 37.3 Å². The molecule has 0 aromatic rings. The third-order valence-corrected chi connectivity index (χ3v) is 3.61. The van der Waals surface area contributed by atoms with Crippen LogP contribution in [0.15, 0.2) is 0 Å². The minimum Gasteiger partial charge on any atom is -0.354 e. The van der Waals surface area contributed by atoms with Gasteiger partial charge in [-0.15, -0.1) is 0 Å². The molecule has 0 aromatic carbocycles. The zero-order valence-electron chi connectivity index (χ0n) is 12.3. The Kier molecular flexibility index (Phi) is 5.60. The number of carbonyl (C=O) groups excluding carboxylic acids is 1. The molecule has 0 aliphatic carbocycles. The van der Waals surface area contributed by atoms with Gasteiger partial charge in [0.05, 0.1) is 6.04 Å². The van der Waals surface area contributed by atoms with E-state index < -0.39 is 6.04 Å². The summed E-state index contributed by atoms with van der Waals surface area (Å²) in [7, 11) is 0. The minimum atomic E-state index is -0.434. The predicted octanol–water partition coefficient (Wildman–Crippen LogP) is 1.21. The summed E-state index contributed by atoms with van der Waals surface area (Å²) in [6, 6.07) is -0.434. The molecule has 4 nitrogen and oxygen atoms in total. The molecule has 0 aromatic heterocycles. The van der Waals surface area contributed by atoms with Gasteiger partial charge < -0.3 is 16.0 Å². The van der Waals surface area contributed by atoms with Gasteiger partial charge in [0.1, 0.15) is 0 Å². The molecule has 1 aliphatic rings. The first-order valence-corrected chi connectivity index (χ1v) is 7.06. The van der Waals surface area contributed by atoms with E-state index >= 15 is 0 Å². The van der Waals surface area contributed by atoms with Crippen LogP contribution in [0.2, 0.25) is 0 Å². The van der Waals surface area contributed by atoms with Gasteiger partial charge in [0.15, 0.2) is 0 Å². The molecule has 0 saturated carbocycles. The highest BCUT2D eigenvalue weighted by Gasteiger charge is 2.27. The Hall–Kier alpha value is -0.610. The summed E-state index contributed by atoms with van der Waals surface area (Å²) in [6.45, 7) is 12.4. The third kappa shape index (κ3) is 4.94. The Labute approximate surface area is 111 Å². The molecule has 1 heterocycles. The van der Waals surface area contributed by atoms with Gasteiger partial charge in [-0.2, -0.15) is 0 Å². The van der Waals surface area contributed by atoms with Crippen LogP contribution >= 0.6 is 0 Å². The van der Waals surface area contributed by atoms with Crippen LogP contribution in [-0.4, -0.2) is 43.0 Å². The molecule has 0 radical (unpaired) electrons. The monoisotopic (exact) mass is 255 g/mol. The van der Waals surface area contributed by atoms with E-state index in [9.17, 15) is 4.79 Å². The Morgan fingerprint density at radius 1 is 1.33 bits per heavy atom. The molecule has 1 saturated heterocycles. The lowest BCUT2D eigenvalue weighted by molar-refractivity contribution is -0.124. The number of nitrogens with one attached hydrogen (secondary N) is 1. The van der Waals surface area contributed by atoms with Gasteiger partial charge in [-0.3, -0.25) is 4.79 Å². The standard InChI is InChI=1S/C14H29N3O/c1-11(10-17-7-5-6-8-17)9-16-13(18)12(15)14(2,3)4/h11-12H,5-10,15H2,1-4H3,(H,16,18). The van der Waals surface area contributed by atoms with E-state index in [1.165, 1.54) is 25.9 Å².